The van der Waals surface area contributed by atoms with Crippen LogP contribution >= 0.6 is 22.6 Å². The van der Waals surface area contributed by atoms with E-state index in [4.69, 9.17) is 9.84 Å². The van der Waals surface area contributed by atoms with Crippen molar-refractivity contribution in [2.75, 3.05) is 13.1 Å². The Morgan fingerprint density at radius 3 is 2.94 bits per heavy atom. The maximum Gasteiger partial charge on any atom is 0.407 e. The summed E-state index contributed by atoms with van der Waals surface area (Å²) >= 11 is 2.26. The number of carboxylic acid groups (broad SMARTS) is 1. The third-order valence-corrected chi connectivity index (χ3v) is 3.16. The number of benzene rings is 1. The molecule has 0 aromatic heterocycles. The van der Waals surface area contributed by atoms with Gasteiger partial charge in [-0.1, -0.05) is 12.1 Å². The van der Waals surface area contributed by atoms with E-state index in [-0.39, 0.29) is 6.10 Å². The van der Waals surface area contributed by atoms with Crippen LogP contribution in [0.25, 0.3) is 0 Å². The van der Waals surface area contributed by atoms with Gasteiger partial charge in [-0.2, -0.15) is 0 Å². The Morgan fingerprint density at radius 2 is 2.31 bits per heavy atom. The monoisotopic (exact) mass is 333 g/mol. The first-order chi connectivity index (χ1) is 7.65. The number of hydrogen-bond donors (Lipinski definition) is 1. The Kier molecular flexibility index (Phi) is 3.65. The lowest BCUT2D eigenvalue weighted by Crippen LogP contribution is -2.54. The predicted octanol–water partition coefficient (Wildman–Crippen LogP) is 2.17. The largest absolute Gasteiger partial charge is 0.465 e. The average molecular weight is 333 g/mol. The second-order valence-electron chi connectivity index (χ2n) is 3.75. The standard InChI is InChI=1S/C11H12INO3/c12-9-3-1-2-8(4-9)7-16-10-5-13(6-10)11(14)15/h1-4,10H,5-7H2,(H,14,15). The van der Waals surface area contributed by atoms with Crippen molar-refractivity contribution < 1.29 is 14.6 Å². The van der Waals surface area contributed by atoms with Crippen molar-refractivity contribution in [3.63, 3.8) is 0 Å². The number of amides is 1. The van der Waals surface area contributed by atoms with E-state index in [0.29, 0.717) is 19.7 Å². The number of likely N-dealkylation sites (tertiary alicyclic amines) is 1. The second-order valence-corrected chi connectivity index (χ2v) is 5.00. The molecule has 5 heteroatoms. The van der Waals surface area contributed by atoms with Gasteiger partial charge in [0.1, 0.15) is 0 Å². The highest BCUT2D eigenvalue weighted by molar-refractivity contribution is 14.1. The van der Waals surface area contributed by atoms with Gasteiger partial charge >= 0.3 is 6.09 Å². The normalized spacial score (nSPS) is 15.9. The van der Waals surface area contributed by atoms with Crippen LogP contribution in [0.1, 0.15) is 5.56 Å². The smallest absolute Gasteiger partial charge is 0.407 e. The molecule has 1 fully saturated rings. The van der Waals surface area contributed by atoms with E-state index in [1.165, 1.54) is 8.47 Å². The molecule has 0 bridgehead atoms. The highest BCUT2D eigenvalue weighted by Gasteiger charge is 2.30. The zero-order valence-corrected chi connectivity index (χ0v) is 10.8. The predicted molar refractivity (Wildman–Crippen MR) is 67.3 cm³/mol. The Balaban J connectivity index is 1.75. The van der Waals surface area contributed by atoms with E-state index in [0.717, 1.165) is 5.56 Å². The fraction of sp³-hybridized carbons (Fsp3) is 0.364. The lowest BCUT2D eigenvalue weighted by atomic mass is 10.2. The highest BCUT2D eigenvalue weighted by atomic mass is 127. The number of ether oxygens (including phenoxy) is 1. The molecule has 2 rings (SSSR count). The van der Waals surface area contributed by atoms with Crippen LogP contribution in [0.4, 0.5) is 4.79 Å². The first-order valence-electron chi connectivity index (χ1n) is 4.99. The topological polar surface area (TPSA) is 49.8 Å². The van der Waals surface area contributed by atoms with Gasteiger partial charge in [-0.3, -0.25) is 0 Å². The molecule has 0 unspecified atom stereocenters. The van der Waals surface area contributed by atoms with Gasteiger partial charge < -0.3 is 14.7 Å². The summed E-state index contributed by atoms with van der Waals surface area (Å²) in [7, 11) is 0. The molecule has 0 radical (unpaired) electrons. The van der Waals surface area contributed by atoms with Crippen molar-refractivity contribution in [2.45, 2.75) is 12.7 Å². The fourth-order valence-electron chi connectivity index (χ4n) is 1.54. The molecular weight excluding hydrogens is 321 g/mol. The summed E-state index contributed by atoms with van der Waals surface area (Å²) in [5.74, 6) is 0. The number of hydrogen-bond acceptors (Lipinski definition) is 2. The molecule has 1 saturated heterocycles. The molecule has 0 atom stereocenters. The minimum Gasteiger partial charge on any atom is -0.465 e. The maximum atomic E-state index is 10.5. The van der Waals surface area contributed by atoms with Gasteiger partial charge in [0.2, 0.25) is 0 Å². The Hall–Kier alpha value is -0.820. The first kappa shape index (κ1) is 11.7. The summed E-state index contributed by atoms with van der Waals surface area (Å²) < 4.78 is 6.77. The van der Waals surface area contributed by atoms with E-state index < -0.39 is 6.09 Å². The minimum absolute atomic E-state index is 0.0500. The minimum atomic E-state index is -0.867. The lowest BCUT2D eigenvalue weighted by molar-refractivity contribution is -0.0522. The molecule has 1 aliphatic heterocycles. The molecular formula is C11H12INO3. The van der Waals surface area contributed by atoms with Crippen LogP contribution in [0.2, 0.25) is 0 Å². The second kappa shape index (κ2) is 5.01. The molecule has 1 aromatic rings. The zero-order valence-electron chi connectivity index (χ0n) is 8.60. The molecule has 86 valence electrons. The van der Waals surface area contributed by atoms with Gasteiger partial charge in [0.05, 0.1) is 25.8 Å². The molecule has 1 N–H and O–H groups in total. The fourth-order valence-corrected chi connectivity index (χ4v) is 2.15. The third kappa shape index (κ3) is 2.85. The van der Waals surface area contributed by atoms with Crippen LogP contribution in [0, 0.1) is 3.57 Å². The van der Waals surface area contributed by atoms with Crippen molar-refractivity contribution >= 4 is 28.7 Å². The zero-order chi connectivity index (χ0) is 11.5. The molecule has 1 aliphatic rings. The summed E-state index contributed by atoms with van der Waals surface area (Å²) in [4.78, 5) is 11.9. The van der Waals surface area contributed by atoms with Gasteiger partial charge in [-0.25, -0.2) is 4.79 Å². The van der Waals surface area contributed by atoms with Gasteiger partial charge in [-0.05, 0) is 40.3 Å². The average Bonchev–Trinajstić information content (AvgIpc) is 2.14. The van der Waals surface area contributed by atoms with E-state index in [2.05, 4.69) is 28.7 Å². The third-order valence-electron chi connectivity index (χ3n) is 2.49. The number of carbonyl (C=O) groups is 1. The molecule has 1 amide bonds. The summed E-state index contributed by atoms with van der Waals surface area (Å²) in [6.45, 7) is 1.52. The summed E-state index contributed by atoms with van der Waals surface area (Å²) in [5.41, 5.74) is 1.13. The van der Waals surface area contributed by atoms with Crippen molar-refractivity contribution in [2.24, 2.45) is 0 Å². The van der Waals surface area contributed by atoms with Gasteiger partial charge in [0, 0.05) is 3.57 Å². The molecule has 1 aromatic carbocycles. The van der Waals surface area contributed by atoms with Gasteiger partial charge in [-0.15, -0.1) is 0 Å². The van der Waals surface area contributed by atoms with Crippen molar-refractivity contribution in [3.05, 3.63) is 33.4 Å². The van der Waals surface area contributed by atoms with Crippen LogP contribution < -0.4 is 0 Å². The van der Waals surface area contributed by atoms with Crippen LogP contribution in [0.15, 0.2) is 24.3 Å². The van der Waals surface area contributed by atoms with Gasteiger partial charge in [0.15, 0.2) is 0 Å². The Labute approximate surface area is 107 Å². The van der Waals surface area contributed by atoms with Crippen LogP contribution in [-0.2, 0) is 11.3 Å². The molecule has 0 spiro atoms. The summed E-state index contributed by atoms with van der Waals surface area (Å²) in [5, 5.41) is 8.64. The molecule has 0 aliphatic carbocycles. The quantitative estimate of drug-likeness (QED) is 0.863. The van der Waals surface area contributed by atoms with E-state index in [9.17, 15) is 4.79 Å². The van der Waals surface area contributed by atoms with E-state index in [1.54, 1.807) is 0 Å². The highest BCUT2D eigenvalue weighted by Crippen LogP contribution is 2.15. The van der Waals surface area contributed by atoms with E-state index in [1.807, 2.05) is 18.2 Å². The van der Waals surface area contributed by atoms with Crippen LogP contribution in [-0.4, -0.2) is 35.3 Å². The van der Waals surface area contributed by atoms with Crippen molar-refractivity contribution in [1.29, 1.82) is 0 Å². The SMILES string of the molecule is O=C(O)N1CC(OCc2cccc(I)c2)C1. The van der Waals surface area contributed by atoms with Crippen LogP contribution in [0.3, 0.4) is 0 Å². The maximum absolute atomic E-state index is 10.5. The van der Waals surface area contributed by atoms with Crippen LogP contribution in [0.5, 0.6) is 0 Å². The molecule has 16 heavy (non-hydrogen) atoms. The Morgan fingerprint density at radius 1 is 1.56 bits per heavy atom. The number of nitrogens with zero attached hydrogens (tertiary/aromatic N) is 1. The molecule has 4 nitrogen and oxygen atoms in total. The molecule has 1 heterocycles. The van der Waals surface area contributed by atoms with Crippen molar-refractivity contribution in [1.82, 2.24) is 4.90 Å². The van der Waals surface area contributed by atoms with Crippen molar-refractivity contribution in [3.8, 4) is 0 Å². The number of rotatable bonds is 3. The molecule has 0 saturated carbocycles. The summed E-state index contributed by atoms with van der Waals surface area (Å²) in [6, 6.07) is 8.09. The Bertz CT molecular complexity index is 391. The first-order valence-corrected chi connectivity index (χ1v) is 6.07. The van der Waals surface area contributed by atoms with Gasteiger partial charge in [0.25, 0.3) is 0 Å². The van der Waals surface area contributed by atoms with E-state index >= 15 is 0 Å². The summed E-state index contributed by atoms with van der Waals surface area (Å²) in [6.07, 6.45) is -0.817. The number of halogens is 1. The lowest BCUT2D eigenvalue weighted by Gasteiger charge is -2.36.